The maximum atomic E-state index is 6.22. The van der Waals surface area contributed by atoms with Crippen molar-refractivity contribution in [3.8, 4) is 11.5 Å². The fourth-order valence-electron chi connectivity index (χ4n) is 3.41. The van der Waals surface area contributed by atoms with Crippen molar-refractivity contribution in [3.05, 3.63) is 119 Å². The molecule has 0 radical (unpaired) electrons. The average molecular weight is 415 g/mol. The summed E-state index contributed by atoms with van der Waals surface area (Å²) in [4.78, 5) is 0. The van der Waals surface area contributed by atoms with E-state index in [0.29, 0.717) is 24.7 Å². The minimum absolute atomic E-state index is 0.186. The molecule has 3 heteroatoms. The van der Waals surface area contributed by atoms with Crippen LogP contribution in [0.15, 0.2) is 97.1 Å². The molecule has 0 bridgehead atoms. The van der Waals surface area contributed by atoms with Crippen LogP contribution in [0, 0.1) is 6.92 Å². The van der Waals surface area contributed by atoms with Crippen LogP contribution in [0.2, 0.25) is 0 Å². The van der Waals surface area contributed by atoms with Gasteiger partial charge in [0.25, 0.3) is 0 Å². The molecule has 0 aliphatic carbocycles. The van der Waals surface area contributed by atoms with Crippen LogP contribution in [0.3, 0.4) is 0 Å². The van der Waals surface area contributed by atoms with Gasteiger partial charge in [-0.3, -0.25) is 0 Å². The number of hydrogen-bond acceptors (Lipinski definition) is 3. The van der Waals surface area contributed by atoms with Crippen LogP contribution in [0.5, 0.6) is 11.5 Å². The first kappa shape index (κ1) is 22.4. The molecule has 0 fully saturated rings. The summed E-state index contributed by atoms with van der Waals surface area (Å²) in [5, 5.41) is 0. The van der Waals surface area contributed by atoms with E-state index in [0.717, 1.165) is 27.8 Å². The highest BCUT2D eigenvalue weighted by atomic mass is 16.5. The molecule has 3 nitrogen and oxygen atoms in total. The quantitative estimate of drug-likeness (QED) is 0.341. The zero-order chi connectivity index (χ0) is 22.1. The molecular formula is C28H30O3. The van der Waals surface area contributed by atoms with Gasteiger partial charge in [-0.15, -0.1) is 0 Å². The van der Waals surface area contributed by atoms with Crippen LogP contribution in [0.4, 0.5) is 0 Å². The molecule has 0 aliphatic rings. The highest BCUT2D eigenvalue weighted by Crippen LogP contribution is 2.37. The normalized spacial score (nSPS) is 12.3. The van der Waals surface area contributed by atoms with Gasteiger partial charge in [-0.25, -0.2) is 0 Å². The van der Waals surface area contributed by atoms with E-state index in [-0.39, 0.29) is 6.10 Å². The Balaban J connectivity index is 1.95. The van der Waals surface area contributed by atoms with E-state index in [1.54, 1.807) is 7.11 Å². The zero-order valence-corrected chi connectivity index (χ0v) is 18.5. The van der Waals surface area contributed by atoms with E-state index in [9.17, 15) is 0 Å². The number of benzene rings is 3. The summed E-state index contributed by atoms with van der Waals surface area (Å²) in [7, 11) is 1.73. The minimum atomic E-state index is -0.186. The number of hydrogen-bond donors (Lipinski definition) is 0. The number of methoxy groups -OCH3 is 1. The largest absolute Gasteiger partial charge is 0.485 e. The second-order valence-electron chi connectivity index (χ2n) is 7.31. The molecule has 3 aromatic rings. The second kappa shape index (κ2) is 11.2. The molecule has 3 aromatic carbocycles. The van der Waals surface area contributed by atoms with Crippen molar-refractivity contribution in [3.63, 3.8) is 0 Å². The van der Waals surface area contributed by atoms with Gasteiger partial charge in [0.2, 0.25) is 0 Å². The van der Waals surface area contributed by atoms with E-state index >= 15 is 0 Å². The number of rotatable bonds is 10. The third-order valence-corrected chi connectivity index (χ3v) is 5.22. The standard InChI is InChI=1S/C28H30O3/c1-5-22(6-2)19-30-26-17-21(3)25(28(29-4)24-15-11-8-12-16-24)18-27(26)31-20-23-13-9-7-10-14-23/h5-18,28H,1,19-20H2,2-4H3. The summed E-state index contributed by atoms with van der Waals surface area (Å²) in [6, 6.07) is 24.4. The summed E-state index contributed by atoms with van der Waals surface area (Å²) in [6.07, 6.45) is 3.62. The van der Waals surface area contributed by atoms with Gasteiger partial charge in [0.15, 0.2) is 11.5 Å². The molecule has 160 valence electrons. The van der Waals surface area contributed by atoms with Gasteiger partial charge >= 0.3 is 0 Å². The van der Waals surface area contributed by atoms with Crippen molar-refractivity contribution in [1.82, 2.24) is 0 Å². The van der Waals surface area contributed by atoms with Crippen molar-refractivity contribution in [1.29, 1.82) is 0 Å². The maximum Gasteiger partial charge on any atom is 0.162 e. The third kappa shape index (κ3) is 5.87. The maximum absolute atomic E-state index is 6.22. The lowest BCUT2D eigenvalue weighted by Crippen LogP contribution is -2.08. The topological polar surface area (TPSA) is 27.7 Å². The van der Waals surface area contributed by atoms with Crippen molar-refractivity contribution in [2.24, 2.45) is 0 Å². The molecule has 0 N–H and O–H groups in total. The van der Waals surface area contributed by atoms with Gasteiger partial charge in [0.05, 0.1) is 0 Å². The lowest BCUT2D eigenvalue weighted by Gasteiger charge is -2.22. The molecule has 0 spiro atoms. The summed E-state index contributed by atoms with van der Waals surface area (Å²) in [5.41, 5.74) is 5.35. The number of allylic oxidation sites excluding steroid dienone is 1. The number of aryl methyl sites for hydroxylation is 1. The van der Waals surface area contributed by atoms with Crippen molar-refractivity contribution < 1.29 is 14.2 Å². The second-order valence-corrected chi connectivity index (χ2v) is 7.31. The van der Waals surface area contributed by atoms with Gasteiger partial charge in [0.1, 0.15) is 19.3 Å². The van der Waals surface area contributed by atoms with E-state index < -0.39 is 0 Å². The Morgan fingerprint density at radius 2 is 1.58 bits per heavy atom. The Labute approximate surface area is 185 Å². The van der Waals surface area contributed by atoms with Crippen molar-refractivity contribution in [2.75, 3.05) is 13.7 Å². The SMILES string of the molecule is C=CC(=CC)COc1cc(C)c(C(OC)c2ccccc2)cc1OCc1ccccc1. The minimum Gasteiger partial charge on any atom is -0.485 e. The molecular weight excluding hydrogens is 384 g/mol. The fraction of sp³-hybridized carbons (Fsp3) is 0.214. The molecule has 1 unspecified atom stereocenters. The van der Waals surface area contributed by atoms with Gasteiger partial charge in [-0.2, -0.15) is 0 Å². The molecule has 0 amide bonds. The van der Waals surface area contributed by atoms with E-state index in [1.807, 2.05) is 79.7 Å². The molecule has 0 heterocycles. The van der Waals surface area contributed by atoms with Crippen LogP contribution in [0.25, 0.3) is 0 Å². The van der Waals surface area contributed by atoms with Gasteiger partial charge in [-0.05, 0) is 53.8 Å². The first-order chi connectivity index (χ1) is 15.2. The number of ether oxygens (including phenoxy) is 3. The first-order valence-electron chi connectivity index (χ1n) is 10.5. The lowest BCUT2D eigenvalue weighted by atomic mass is 9.96. The summed E-state index contributed by atoms with van der Waals surface area (Å²) >= 11 is 0. The summed E-state index contributed by atoms with van der Waals surface area (Å²) < 4.78 is 18.2. The Bertz CT molecular complexity index is 1010. The predicted octanol–water partition coefficient (Wildman–Crippen LogP) is 6.82. The van der Waals surface area contributed by atoms with Crippen molar-refractivity contribution >= 4 is 0 Å². The van der Waals surface area contributed by atoms with Crippen LogP contribution >= 0.6 is 0 Å². The Kier molecular flexibility index (Phi) is 8.08. The monoisotopic (exact) mass is 414 g/mol. The average Bonchev–Trinajstić information content (AvgIpc) is 2.82. The Morgan fingerprint density at radius 1 is 0.935 bits per heavy atom. The van der Waals surface area contributed by atoms with E-state index in [1.165, 1.54) is 0 Å². The Morgan fingerprint density at radius 3 is 2.19 bits per heavy atom. The lowest BCUT2D eigenvalue weighted by molar-refractivity contribution is 0.135. The summed E-state index contributed by atoms with van der Waals surface area (Å²) in [6.45, 7) is 8.79. The van der Waals surface area contributed by atoms with Crippen LogP contribution in [-0.2, 0) is 11.3 Å². The Hall–Kier alpha value is -3.30. The van der Waals surface area contributed by atoms with Crippen molar-refractivity contribution in [2.45, 2.75) is 26.6 Å². The van der Waals surface area contributed by atoms with Crippen LogP contribution in [0.1, 0.15) is 35.3 Å². The molecule has 0 saturated carbocycles. The fourth-order valence-corrected chi connectivity index (χ4v) is 3.41. The van der Waals surface area contributed by atoms with E-state index in [4.69, 9.17) is 14.2 Å². The molecule has 1 atom stereocenters. The third-order valence-electron chi connectivity index (χ3n) is 5.22. The first-order valence-corrected chi connectivity index (χ1v) is 10.5. The van der Waals surface area contributed by atoms with Gasteiger partial charge in [-0.1, -0.05) is 79.4 Å². The molecule has 3 rings (SSSR count). The molecule has 0 aliphatic heterocycles. The highest BCUT2D eigenvalue weighted by Gasteiger charge is 2.19. The molecule has 0 aromatic heterocycles. The highest BCUT2D eigenvalue weighted by molar-refractivity contribution is 5.50. The van der Waals surface area contributed by atoms with E-state index in [2.05, 4.69) is 25.6 Å². The van der Waals surface area contributed by atoms with Crippen LogP contribution < -0.4 is 9.47 Å². The molecule has 0 saturated heterocycles. The summed E-state index contributed by atoms with van der Waals surface area (Å²) in [5.74, 6) is 1.41. The van der Waals surface area contributed by atoms with Gasteiger partial charge in [0, 0.05) is 7.11 Å². The van der Waals surface area contributed by atoms with Gasteiger partial charge < -0.3 is 14.2 Å². The van der Waals surface area contributed by atoms with Crippen LogP contribution in [-0.4, -0.2) is 13.7 Å². The smallest absolute Gasteiger partial charge is 0.162 e. The predicted molar refractivity (Wildman–Crippen MR) is 127 cm³/mol. The molecule has 31 heavy (non-hydrogen) atoms. The zero-order valence-electron chi connectivity index (χ0n) is 18.5.